The van der Waals surface area contributed by atoms with Crippen LogP contribution in [0.25, 0.3) is 0 Å². The van der Waals surface area contributed by atoms with Gasteiger partial charge in [-0.15, -0.1) is 0 Å². The van der Waals surface area contributed by atoms with E-state index in [1.54, 1.807) is 43.3 Å². The smallest absolute Gasteiger partial charge is 0.264 e. The second-order valence-electron chi connectivity index (χ2n) is 6.68. The molecule has 0 aliphatic heterocycles. The molecule has 1 N–H and O–H groups in total. The van der Waals surface area contributed by atoms with E-state index in [1.807, 2.05) is 0 Å². The van der Waals surface area contributed by atoms with Gasteiger partial charge in [0.2, 0.25) is 5.91 Å². The topological polar surface area (TPSA) is 75.7 Å². The molecular weight excluding hydrogens is 426 g/mol. The van der Waals surface area contributed by atoms with E-state index >= 15 is 0 Å². The van der Waals surface area contributed by atoms with Crippen LogP contribution in [-0.4, -0.2) is 28.0 Å². The molecule has 3 aromatic rings. The van der Waals surface area contributed by atoms with Crippen LogP contribution < -0.4 is 14.4 Å². The molecule has 0 saturated heterocycles. The average Bonchev–Trinajstić information content (AvgIpc) is 2.75. The first-order valence-corrected chi connectivity index (χ1v) is 10.6. The number of sulfonamides is 1. The molecule has 3 rings (SSSR count). The zero-order chi connectivity index (χ0) is 22.6. The average molecular weight is 446 g/mol. The molecule has 0 aliphatic rings. The minimum absolute atomic E-state index is 0.00262. The monoisotopic (exact) mass is 446 g/mol. The molecule has 6 nitrogen and oxygen atoms in total. The highest BCUT2D eigenvalue weighted by Crippen LogP contribution is 2.33. The van der Waals surface area contributed by atoms with Gasteiger partial charge in [-0.25, -0.2) is 17.2 Å². The number of methoxy groups -OCH3 is 1. The first-order chi connectivity index (χ1) is 14.7. The number of hydrogen-bond donors (Lipinski definition) is 1. The van der Waals surface area contributed by atoms with Crippen molar-refractivity contribution >= 4 is 27.3 Å². The van der Waals surface area contributed by atoms with Gasteiger partial charge in [0.15, 0.2) is 11.6 Å². The number of carbonyl (C=O) groups is 1. The standard InChI is InChI=1S/C22H20F2N2O4S/c1-15-8-11-21(30-2)20(12-15)26(31(28,29)17-6-4-3-5-7-17)14-22(27)25-16-9-10-18(23)19(24)13-16/h3-13H,14H2,1-2H3,(H,25,27). The molecule has 3 aromatic carbocycles. The Hall–Kier alpha value is -3.46. The molecule has 0 bridgehead atoms. The molecule has 0 aromatic heterocycles. The lowest BCUT2D eigenvalue weighted by Gasteiger charge is -2.26. The minimum Gasteiger partial charge on any atom is -0.495 e. The van der Waals surface area contributed by atoms with Gasteiger partial charge in [-0.1, -0.05) is 24.3 Å². The number of rotatable bonds is 7. The molecule has 0 heterocycles. The first-order valence-electron chi connectivity index (χ1n) is 9.19. The van der Waals surface area contributed by atoms with E-state index in [0.717, 1.165) is 22.0 Å². The van der Waals surface area contributed by atoms with Crippen LogP contribution in [-0.2, 0) is 14.8 Å². The predicted molar refractivity (Wildman–Crippen MR) is 114 cm³/mol. The third kappa shape index (κ3) is 5.00. The lowest BCUT2D eigenvalue weighted by molar-refractivity contribution is -0.114. The summed E-state index contributed by atoms with van der Waals surface area (Å²) < 4.78 is 59.6. The largest absolute Gasteiger partial charge is 0.495 e. The summed E-state index contributed by atoms with van der Waals surface area (Å²) >= 11 is 0. The van der Waals surface area contributed by atoms with E-state index in [0.29, 0.717) is 0 Å². The van der Waals surface area contributed by atoms with Gasteiger partial charge in [0.25, 0.3) is 10.0 Å². The quantitative estimate of drug-likeness (QED) is 0.593. The summed E-state index contributed by atoms with van der Waals surface area (Å²) in [7, 11) is -2.76. The number of anilines is 2. The van der Waals surface area contributed by atoms with Gasteiger partial charge in [-0.05, 0) is 48.9 Å². The van der Waals surface area contributed by atoms with Crippen molar-refractivity contribution in [1.29, 1.82) is 0 Å². The van der Waals surface area contributed by atoms with Gasteiger partial charge >= 0.3 is 0 Å². The van der Waals surface area contributed by atoms with Crippen LogP contribution in [0, 0.1) is 18.6 Å². The number of ether oxygens (including phenoxy) is 1. The Bertz CT molecular complexity index is 1200. The summed E-state index contributed by atoms with van der Waals surface area (Å²) in [5, 5.41) is 2.39. The molecule has 0 radical (unpaired) electrons. The number of benzene rings is 3. The van der Waals surface area contributed by atoms with E-state index < -0.39 is 34.1 Å². The maximum Gasteiger partial charge on any atom is 0.264 e. The van der Waals surface area contributed by atoms with Crippen molar-refractivity contribution in [2.75, 3.05) is 23.3 Å². The number of amides is 1. The van der Waals surface area contributed by atoms with Gasteiger partial charge in [-0.2, -0.15) is 0 Å². The molecule has 0 aliphatic carbocycles. The number of nitrogens with zero attached hydrogens (tertiary/aromatic N) is 1. The van der Waals surface area contributed by atoms with E-state index in [9.17, 15) is 22.0 Å². The predicted octanol–water partition coefficient (Wildman–Crippen LogP) is 4.12. The van der Waals surface area contributed by atoms with Crippen LogP contribution in [0.1, 0.15) is 5.56 Å². The zero-order valence-corrected chi connectivity index (χ0v) is 17.6. The first kappa shape index (κ1) is 22.2. The second-order valence-corrected chi connectivity index (χ2v) is 8.54. The normalized spacial score (nSPS) is 11.1. The van der Waals surface area contributed by atoms with Gasteiger partial charge in [0, 0.05) is 11.8 Å². The fourth-order valence-electron chi connectivity index (χ4n) is 2.92. The van der Waals surface area contributed by atoms with Gasteiger partial charge < -0.3 is 10.1 Å². The van der Waals surface area contributed by atoms with Crippen molar-refractivity contribution in [3.8, 4) is 5.75 Å². The maximum atomic E-state index is 13.5. The van der Waals surface area contributed by atoms with Gasteiger partial charge in [0.05, 0.1) is 17.7 Å². The van der Waals surface area contributed by atoms with Crippen molar-refractivity contribution in [3.63, 3.8) is 0 Å². The van der Waals surface area contributed by atoms with Gasteiger partial charge in [0.1, 0.15) is 12.3 Å². The molecule has 0 atom stereocenters. The summed E-state index contributed by atoms with van der Waals surface area (Å²) in [5.74, 6) is -2.68. The summed E-state index contributed by atoms with van der Waals surface area (Å²) in [6.07, 6.45) is 0. The third-order valence-corrected chi connectivity index (χ3v) is 6.20. The Morgan fingerprint density at radius 3 is 2.35 bits per heavy atom. The highest BCUT2D eigenvalue weighted by Gasteiger charge is 2.29. The number of nitrogens with one attached hydrogen (secondary N) is 1. The van der Waals surface area contributed by atoms with Crippen molar-refractivity contribution in [2.24, 2.45) is 0 Å². The third-order valence-electron chi connectivity index (χ3n) is 4.42. The van der Waals surface area contributed by atoms with Crippen molar-refractivity contribution in [2.45, 2.75) is 11.8 Å². The fraction of sp³-hybridized carbons (Fsp3) is 0.136. The Balaban J connectivity index is 2.01. The number of hydrogen-bond acceptors (Lipinski definition) is 4. The van der Waals surface area contributed by atoms with Crippen LogP contribution in [0.3, 0.4) is 0 Å². The highest BCUT2D eigenvalue weighted by molar-refractivity contribution is 7.92. The van der Waals surface area contributed by atoms with Crippen LogP contribution in [0.2, 0.25) is 0 Å². The molecule has 0 saturated carbocycles. The Labute approximate surface area is 179 Å². The fourth-order valence-corrected chi connectivity index (χ4v) is 4.36. The molecule has 0 fully saturated rings. The van der Waals surface area contributed by atoms with Crippen molar-refractivity contribution in [3.05, 3.63) is 83.9 Å². The summed E-state index contributed by atoms with van der Waals surface area (Å²) in [6, 6.07) is 15.4. The Morgan fingerprint density at radius 2 is 1.71 bits per heavy atom. The van der Waals surface area contributed by atoms with Crippen LogP contribution >= 0.6 is 0 Å². The molecule has 162 valence electrons. The SMILES string of the molecule is COc1ccc(C)cc1N(CC(=O)Nc1ccc(F)c(F)c1)S(=O)(=O)c1ccccc1. The molecule has 1 amide bonds. The Kier molecular flexibility index (Phi) is 6.55. The Morgan fingerprint density at radius 1 is 1.00 bits per heavy atom. The van der Waals surface area contributed by atoms with Gasteiger partial charge in [-0.3, -0.25) is 9.10 Å². The maximum absolute atomic E-state index is 13.5. The lowest BCUT2D eigenvalue weighted by atomic mass is 10.2. The second kappa shape index (κ2) is 9.13. The van der Waals surface area contributed by atoms with Crippen LogP contribution in [0.15, 0.2) is 71.6 Å². The summed E-state index contributed by atoms with van der Waals surface area (Å²) in [5.41, 5.74) is 0.925. The molecule has 0 spiro atoms. The molecular formula is C22H20F2N2O4S. The summed E-state index contributed by atoms with van der Waals surface area (Å²) in [6.45, 7) is 1.16. The van der Waals surface area contributed by atoms with Crippen LogP contribution in [0.5, 0.6) is 5.75 Å². The van der Waals surface area contributed by atoms with E-state index in [4.69, 9.17) is 4.74 Å². The highest BCUT2D eigenvalue weighted by atomic mass is 32.2. The number of halogens is 2. The number of aryl methyl sites for hydroxylation is 1. The molecule has 9 heteroatoms. The zero-order valence-electron chi connectivity index (χ0n) is 16.8. The minimum atomic E-state index is -4.15. The van der Waals surface area contributed by atoms with Crippen LogP contribution in [0.4, 0.5) is 20.2 Å². The van der Waals surface area contributed by atoms with E-state index in [2.05, 4.69) is 5.32 Å². The van der Waals surface area contributed by atoms with E-state index in [-0.39, 0.29) is 22.0 Å². The van der Waals surface area contributed by atoms with E-state index in [1.165, 1.54) is 25.3 Å². The lowest BCUT2D eigenvalue weighted by Crippen LogP contribution is -2.38. The summed E-state index contributed by atoms with van der Waals surface area (Å²) in [4.78, 5) is 12.7. The van der Waals surface area contributed by atoms with Crippen molar-refractivity contribution < 1.29 is 26.7 Å². The molecule has 0 unspecified atom stereocenters. The molecule has 31 heavy (non-hydrogen) atoms. The van der Waals surface area contributed by atoms with Crippen molar-refractivity contribution in [1.82, 2.24) is 0 Å². The number of carbonyl (C=O) groups excluding carboxylic acids is 1.